The quantitative estimate of drug-likeness (QED) is 0.869. The number of hydrogen-bond acceptors (Lipinski definition) is 3. The van der Waals surface area contributed by atoms with E-state index in [1.807, 2.05) is 32.0 Å². The molecule has 0 aliphatic carbocycles. The van der Waals surface area contributed by atoms with Gasteiger partial charge in [0, 0.05) is 18.0 Å². The molecule has 0 spiro atoms. The fourth-order valence-corrected chi connectivity index (χ4v) is 1.74. The molecule has 3 nitrogen and oxygen atoms in total. The summed E-state index contributed by atoms with van der Waals surface area (Å²) in [6.07, 6.45) is 1.06. The third-order valence-corrected chi connectivity index (χ3v) is 2.44. The van der Waals surface area contributed by atoms with Crippen LogP contribution >= 0.6 is 12.4 Å². The van der Waals surface area contributed by atoms with Gasteiger partial charge < -0.3 is 15.2 Å². The summed E-state index contributed by atoms with van der Waals surface area (Å²) in [6, 6.07) is 5.92. The average Bonchev–Trinajstić information content (AvgIpc) is 2.18. The van der Waals surface area contributed by atoms with Crippen LogP contribution in [0.2, 0.25) is 0 Å². The van der Waals surface area contributed by atoms with E-state index in [1.54, 1.807) is 0 Å². The Morgan fingerprint density at radius 1 is 1.44 bits per heavy atom. The molecule has 0 fully saturated rings. The first-order chi connectivity index (χ1) is 7.16. The van der Waals surface area contributed by atoms with Gasteiger partial charge in [0.1, 0.15) is 11.5 Å². The van der Waals surface area contributed by atoms with Crippen LogP contribution in [-0.4, -0.2) is 12.7 Å². The molecule has 0 saturated heterocycles. The van der Waals surface area contributed by atoms with Gasteiger partial charge in [0.25, 0.3) is 0 Å². The number of hydrogen-bond donors (Lipinski definition) is 1. The molecule has 0 unspecified atom stereocenters. The van der Waals surface area contributed by atoms with Crippen molar-refractivity contribution in [3.63, 3.8) is 0 Å². The highest BCUT2D eigenvalue weighted by Gasteiger charge is 2.18. The van der Waals surface area contributed by atoms with Crippen LogP contribution in [-0.2, 0) is 0 Å². The van der Waals surface area contributed by atoms with Crippen molar-refractivity contribution in [2.75, 3.05) is 6.61 Å². The molecule has 1 aliphatic heterocycles. The maximum absolute atomic E-state index is 6.01. The fourth-order valence-electron chi connectivity index (χ4n) is 1.74. The van der Waals surface area contributed by atoms with Crippen LogP contribution in [0.1, 0.15) is 31.9 Å². The van der Waals surface area contributed by atoms with E-state index in [0.29, 0.717) is 6.61 Å². The van der Waals surface area contributed by atoms with Crippen LogP contribution in [0.25, 0.3) is 0 Å². The minimum atomic E-state index is 0. The van der Waals surface area contributed by atoms with Crippen molar-refractivity contribution in [3.8, 4) is 11.5 Å². The molecule has 90 valence electrons. The van der Waals surface area contributed by atoms with E-state index in [-0.39, 0.29) is 24.6 Å². The average molecular weight is 244 g/mol. The molecular formula is C12H18ClNO2. The van der Waals surface area contributed by atoms with Crippen molar-refractivity contribution in [3.05, 3.63) is 23.8 Å². The summed E-state index contributed by atoms with van der Waals surface area (Å²) in [5, 5.41) is 0. The van der Waals surface area contributed by atoms with Gasteiger partial charge in [-0.15, -0.1) is 12.4 Å². The number of ether oxygens (including phenoxy) is 2. The second-order valence-corrected chi connectivity index (χ2v) is 4.11. The number of rotatable bonds is 2. The second-order valence-electron chi connectivity index (χ2n) is 4.11. The molecule has 2 N–H and O–H groups in total. The summed E-state index contributed by atoms with van der Waals surface area (Å²) in [5.41, 5.74) is 7.07. The molecule has 0 amide bonds. The summed E-state index contributed by atoms with van der Waals surface area (Å²) >= 11 is 0. The van der Waals surface area contributed by atoms with E-state index in [4.69, 9.17) is 15.2 Å². The lowest BCUT2D eigenvalue weighted by molar-refractivity contribution is 0.238. The Morgan fingerprint density at radius 2 is 2.19 bits per heavy atom. The predicted molar refractivity (Wildman–Crippen MR) is 66.5 cm³/mol. The normalized spacial score (nSPS) is 18.4. The van der Waals surface area contributed by atoms with Crippen LogP contribution in [0.5, 0.6) is 11.5 Å². The minimum absolute atomic E-state index is 0. The molecule has 16 heavy (non-hydrogen) atoms. The summed E-state index contributed by atoms with van der Waals surface area (Å²) < 4.78 is 11.1. The van der Waals surface area contributed by atoms with Crippen LogP contribution in [0.4, 0.5) is 0 Å². The van der Waals surface area contributed by atoms with Crippen LogP contribution in [0, 0.1) is 0 Å². The number of halogens is 1. The Labute approximate surface area is 102 Å². The number of nitrogens with two attached hydrogens (primary N) is 1. The minimum Gasteiger partial charge on any atom is -0.493 e. The van der Waals surface area contributed by atoms with Crippen LogP contribution < -0.4 is 15.2 Å². The van der Waals surface area contributed by atoms with E-state index < -0.39 is 0 Å². The van der Waals surface area contributed by atoms with Crippen molar-refractivity contribution in [1.82, 2.24) is 0 Å². The highest BCUT2D eigenvalue weighted by atomic mass is 35.5. The lowest BCUT2D eigenvalue weighted by Gasteiger charge is -2.23. The Hall–Kier alpha value is -0.930. The first-order valence-electron chi connectivity index (χ1n) is 5.36. The summed E-state index contributed by atoms with van der Waals surface area (Å²) in [6.45, 7) is 4.73. The first kappa shape index (κ1) is 13.1. The lowest BCUT2D eigenvalue weighted by Crippen LogP contribution is -2.20. The second kappa shape index (κ2) is 5.41. The zero-order chi connectivity index (χ0) is 10.8. The molecule has 1 heterocycles. The molecular weight excluding hydrogens is 226 g/mol. The predicted octanol–water partition coefficient (Wildman–Crippen LogP) is 2.68. The van der Waals surface area contributed by atoms with Crippen LogP contribution in [0.15, 0.2) is 18.2 Å². The maximum atomic E-state index is 6.01. The molecule has 4 heteroatoms. The molecule has 2 rings (SSSR count). The van der Waals surface area contributed by atoms with E-state index in [9.17, 15) is 0 Å². The van der Waals surface area contributed by atoms with E-state index in [0.717, 1.165) is 23.5 Å². The van der Waals surface area contributed by atoms with Gasteiger partial charge in [0.2, 0.25) is 0 Å². The number of fused-ring (bicyclic) bond motifs is 1. The first-order valence-corrected chi connectivity index (χ1v) is 5.36. The van der Waals surface area contributed by atoms with Gasteiger partial charge in [0.15, 0.2) is 0 Å². The molecule has 0 aromatic heterocycles. The molecule has 1 aromatic carbocycles. The molecule has 0 bridgehead atoms. The largest absolute Gasteiger partial charge is 0.493 e. The highest BCUT2D eigenvalue weighted by molar-refractivity contribution is 5.85. The standard InChI is InChI=1S/C12H17NO2.ClH/c1-8(2)15-9-3-4-12-10(7-9)11(13)5-6-14-12;/h3-4,7-8,11H,5-6,13H2,1-2H3;1H/t11-;/m0./s1. The van der Waals surface area contributed by atoms with Gasteiger partial charge >= 0.3 is 0 Å². The SMILES string of the molecule is CC(C)Oc1ccc2c(c1)[C@@H](N)CCO2.Cl. The number of benzene rings is 1. The summed E-state index contributed by atoms with van der Waals surface area (Å²) in [4.78, 5) is 0. The third-order valence-electron chi connectivity index (χ3n) is 2.44. The van der Waals surface area contributed by atoms with Gasteiger partial charge in [-0.25, -0.2) is 0 Å². The Kier molecular flexibility index (Phi) is 4.44. The van der Waals surface area contributed by atoms with Crippen molar-refractivity contribution in [2.45, 2.75) is 32.4 Å². The zero-order valence-electron chi connectivity index (χ0n) is 9.60. The molecule has 1 atom stereocenters. The van der Waals surface area contributed by atoms with Crippen molar-refractivity contribution >= 4 is 12.4 Å². The topological polar surface area (TPSA) is 44.5 Å². The van der Waals surface area contributed by atoms with Gasteiger partial charge in [-0.3, -0.25) is 0 Å². The molecule has 0 saturated carbocycles. The highest BCUT2D eigenvalue weighted by Crippen LogP contribution is 2.33. The van der Waals surface area contributed by atoms with Gasteiger partial charge in [-0.1, -0.05) is 0 Å². The molecule has 1 aromatic rings. The van der Waals surface area contributed by atoms with Gasteiger partial charge in [0.05, 0.1) is 12.7 Å². The molecule has 1 aliphatic rings. The lowest BCUT2D eigenvalue weighted by atomic mass is 10.0. The van der Waals surface area contributed by atoms with Gasteiger partial charge in [-0.2, -0.15) is 0 Å². The Balaban J connectivity index is 0.00000128. The van der Waals surface area contributed by atoms with Gasteiger partial charge in [-0.05, 0) is 32.0 Å². The van der Waals surface area contributed by atoms with Crippen LogP contribution in [0.3, 0.4) is 0 Å². The molecule has 0 radical (unpaired) electrons. The fraction of sp³-hybridized carbons (Fsp3) is 0.500. The van der Waals surface area contributed by atoms with Crippen molar-refractivity contribution in [2.24, 2.45) is 5.73 Å². The zero-order valence-corrected chi connectivity index (χ0v) is 10.4. The van der Waals surface area contributed by atoms with E-state index in [2.05, 4.69) is 0 Å². The maximum Gasteiger partial charge on any atom is 0.124 e. The van der Waals surface area contributed by atoms with Crippen molar-refractivity contribution < 1.29 is 9.47 Å². The van der Waals surface area contributed by atoms with E-state index in [1.165, 1.54) is 0 Å². The van der Waals surface area contributed by atoms with Crippen molar-refractivity contribution in [1.29, 1.82) is 0 Å². The Morgan fingerprint density at radius 3 is 2.88 bits per heavy atom. The Bertz CT molecular complexity index is 355. The van der Waals surface area contributed by atoms with E-state index >= 15 is 0 Å². The third kappa shape index (κ3) is 2.80. The smallest absolute Gasteiger partial charge is 0.124 e. The summed E-state index contributed by atoms with van der Waals surface area (Å²) in [5.74, 6) is 1.76. The summed E-state index contributed by atoms with van der Waals surface area (Å²) in [7, 11) is 0. The monoisotopic (exact) mass is 243 g/mol.